The Hall–Kier alpha value is -3.83. The van der Waals surface area contributed by atoms with Crippen LogP contribution in [0.4, 0.5) is 22.4 Å². The minimum absolute atomic E-state index is 0.0390. The van der Waals surface area contributed by atoms with Crippen LogP contribution in [0, 0.1) is 0 Å². The van der Waals surface area contributed by atoms with Crippen LogP contribution in [0.5, 0.6) is 11.8 Å². The van der Waals surface area contributed by atoms with Crippen LogP contribution in [0.3, 0.4) is 0 Å². The van der Waals surface area contributed by atoms with Crippen molar-refractivity contribution in [1.29, 1.82) is 0 Å². The average Bonchev–Trinajstić information content (AvgIpc) is 3.26. The van der Waals surface area contributed by atoms with E-state index in [0.717, 1.165) is 6.42 Å². The smallest absolute Gasteiger partial charge is 0.322 e. The lowest BCUT2D eigenvalue weighted by Crippen LogP contribution is -2.56. The Balaban J connectivity index is 1.51. The molecule has 0 radical (unpaired) electrons. The number of piperazine rings is 1. The summed E-state index contributed by atoms with van der Waals surface area (Å²) in [6, 6.07) is 4.96. The van der Waals surface area contributed by atoms with Crippen molar-refractivity contribution in [2.75, 3.05) is 49.8 Å². The van der Waals surface area contributed by atoms with Crippen molar-refractivity contribution in [2.24, 2.45) is 0 Å². The molecule has 3 N–H and O–H groups in total. The molecule has 0 aromatic carbocycles. The third-order valence-corrected chi connectivity index (χ3v) is 5.23. The molecule has 0 bridgehead atoms. The molecule has 2 amide bonds. The highest BCUT2D eigenvalue weighted by Gasteiger charge is 2.31. The lowest BCUT2D eigenvalue weighted by atomic mass is 10.1. The van der Waals surface area contributed by atoms with E-state index in [1.54, 1.807) is 33.8 Å². The number of ether oxygens (including phenoxy) is 2. The number of anilines is 3. The van der Waals surface area contributed by atoms with Crippen molar-refractivity contribution >= 4 is 29.3 Å². The van der Waals surface area contributed by atoms with Crippen molar-refractivity contribution in [3.05, 3.63) is 24.4 Å². The predicted octanol–water partition coefficient (Wildman–Crippen LogP) is 1.25. The molecule has 4 rings (SSSR count). The number of carbonyl (C=O) groups excluding carboxylic acids is 1. The molecule has 1 fully saturated rings. The third kappa shape index (κ3) is 3.96. The number of nitrogens with two attached hydrogens (primary N) is 1. The first kappa shape index (κ1) is 20.4. The van der Waals surface area contributed by atoms with Crippen molar-refractivity contribution in [3.8, 4) is 11.8 Å². The van der Waals surface area contributed by atoms with Crippen molar-refractivity contribution in [2.45, 2.75) is 19.4 Å². The Kier molecular flexibility index (Phi) is 5.60. The normalized spacial score (nSPS) is 16.4. The molecule has 4 heterocycles. The number of urea groups is 1. The van der Waals surface area contributed by atoms with Gasteiger partial charge in [-0.3, -0.25) is 0 Å². The number of hydrogen-bond acceptors (Lipinski definition) is 9. The zero-order chi connectivity index (χ0) is 22.0. The Morgan fingerprint density at radius 1 is 1.19 bits per heavy atom. The van der Waals surface area contributed by atoms with E-state index in [0.29, 0.717) is 42.8 Å². The van der Waals surface area contributed by atoms with Gasteiger partial charge in [0.25, 0.3) is 0 Å². The number of hydrogen-bond donors (Lipinski definition) is 2. The molecule has 1 aliphatic heterocycles. The first-order chi connectivity index (χ1) is 15.0. The van der Waals surface area contributed by atoms with Crippen LogP contribution in [0.1, 0.15) is 13.3 Å². The fourth-order valence-corrected chi connectivity index (χ4v) is 3.65. The second-order valence-electron chi connectivity index (χ2n) is 7.03. The van der Waals surface area contributed by atoms with Gasteiger partial charge < -0.3 is 30.3 Å². The highest BCUT2D eigenvalue weighted by Crippen LogP contribution is 2.26. The molecule has 0 unspecified atom stereocenters. The number of methoxy groups -OCH3 is 2. The molecule has 1 saturated heterocycles. The van der Waals surface area contributed by atoms with Gasteiger partial charge in [0.1, 0.15) is 5.69 Å². The summed E-state index contributed by atoms with van der Waals surface area (Å²) in [6.07, 6.45) is 2.47. The van der Waals surface area contributed by atoms with Gasteiger partial charge in [0, 0.05) is 37.8 Å². The largest absolute Gasteiger partial charge is 0.481 e. The standard InChI is InChI=1S/C19H25N9O3/c1-4-12-11-26(19(29)22-13-5-6-15(30-2)24-16(13)31-3)9-10-27(12)18-25-17(20)23-14-7-8-21-28(14)18/h5-8,12H,4,9-11H2,1-3H3,(H2,20,23)(H,22,29)/t12-/m0/s1. The van der Waals surface area contributed by atoms with Gasteiger partial charge in [0.15, 0.2) is 5.65 Å². The summed E-state index contributed by atoms with van der Waals surface area (Å²) in [6.45, 7) is 3.66. The van der Waals surface area contributed by atoms with Gasteiger partial charge >= 0.3 is 6.03 Å². The molecule has 0 aliphatic carbocycles. The number of nitrogens with zero attached hydrogens (tertiary/aromatic N) is 7. The van der Waals surface area contributed by atoms with Crippen molar-refractivity contribution < 1.29 is 14.3 Å². The molecule has 3 aromatic heterocycles. The molecule has 1 atom stereocenters. The summed E-state index contributed by atoms with van der Waals surface area (Å²) in [5.74, 6) is 1.51. The van der Waals surface area contributed by atoms with E-state index in [1.165, 1.54) is 14.2 Å². The molecule has 0 spiro atoms. The lowest BCUT2D eigenvalue weighted by Gasteiger charge is -2.41. The SMILES string of the molecule is CC[C@H]1CN(C(=O)Nc2ccc(OC)nc2OC)CCN1c1nc(N)nc2ccnn12. The summed E-state index contributed by atoms with van der Waals surface area (Å²) in [5, 5.41) is 7.20. The summed E-state index contributed by atoms with van der Waals surface area (Å²) >= 11 is 0. The number of pyridine rings is 1. The molecule has 3 aromatic rings. The molecule has 12 heteroatoms. The van der Waals surface area contributed by atoms with E-state index in [2.05, 4.69) is 37.2 Å². The summed E-state index contributed by atoms with van der Waals surface area (Å²) in [7, 11) is 3.01. The molecule has 31 heavy (non-hydrogen) atoms. The van der Waals surface area contributed by atoms with Gasteiger partial charge in [-0.15, -0.1) is 0 Å². The van der Waals surface area contributed by atoms with Crippen LogP contribution >= 0.6 is 0 Å². The molecular formula is C19H25N9O3. The molecular weight excluding hydrogens is 402 g/mol. The highest BCUT2D eigenvalue weighted by atomic mass is 16.5. The number of amides is 2. The Bertz CT molecular complexity index is 1090. The van der Waals surface area contributed by atoms with Gasteiger partial charge in [-0.05, 0) is 12.5 Å². The fraction of sp³-hybridized carbons (Fsp3) is 0.421. The van der Waals surface area contributed by atoms with Gasteiger partial charge in [-0.2, -0.15) is 24.6 Å². The van der Waals surface area contributed by atoms with Gasteiger partial charge in [0.2, 0.25) is 23.7 Å². The third-order valence-electron chi connectivity index (χ3n) is 5.23. The number of carbonyl (C=O) groups is 1. The van der Waals surface area contributed by atoms with Crippen LogP contribution in [0.15, 0.2) is 24.4 Å². The fourth-order valence-electron chi connectivity index (χ4n) is 3.65. The molecule has 12 nitrogen and oxygen atoms in total. The van der Waals surface area contributed by atoms with E-state index >= 15 is 0 Å². The predicted molar refractivity (Wildman–Crippen MR) is 115 cm³/mol. The lowest BCUT2D eigenvalue weighted by molar-refractivity contribution is 0.196. The molecule has 0 saturated carbocycles. The topological polar surface area (TPSA) is 136 Å². The quantitative estimate of drug-likeness (QED) is 0.616. The molecule has 1 aliphatic rings. The number of rotatable bonds is 5. The Morgan fingerprint density at radius 2 is 2.03 bits per heavy atom. The van der Waals surface area contributed by atoms with E-state index in [1.807, 2.05) is 0 Å². The maximum atomic E-state index is 12.9. The van der Waals surface area contributed by atoms with Crippen LogP contribution in [0.2, 0.25) is 0 Å². The highest BCUT2D eigenvalue weighted by molar-refractivity contribution is 5.90. The van der Waals surface area contributed by atoms with E-state index in [9.17, 15) is 4.79 Å². The summed E-state index contributed by atoms with van der Waals surface area (Å²) in [5.41, 5.74) is 7.01. The van der Waals surface area contributed by atoms with Gasteiger partial charge in [-0.25, -0.2) is 4.79 Å². The van der Waals surface area contributed by atoms with Gasteiger partial charge in [0.05, 0.1) is 20.4 Å². The van der Waals surface area contributed by atoms with Crippen LogP contribution in [0.25, 0.3) is 5.65 Å². The summed E-state index contributed by atoms with van der Waals surface area (Å²) in [4.78, 5) is 29.6. The van der Waals surface area contributed by atoms with E-state index in [4.69, 9.17) is 15.2 Å². The maximum absolute atomic E-state index is 12.9. The first-order valence-corrected chi connectivity index (χ1v) is 9.92. The number of nitrogens with one attached hydrogen (secondary N) is 1. The second-order valence-corrected chi connectivity index (χ2v) is 7.03. The number of fused-ring (bicyclic) bond motifs is 1. The Labute approximate surface area is 179 Å². The maximum Gasteiger partial charge on any atom is 0.322 e. The Morgan fingerprint density at radius 3 is 2.77 bits per heavy atom. The zero-order valence-electron chi connectivity index (χ0n) is 17.6. The van der Waals surface area contributed by atoms with Crippen LogP contribution in [-0.4, -0.2) is 75.4 Å². The second kappa shape index (κ2) is 8.50. The van der Waals surface area contributed by atoms with Crippen molar-refractivity contribution in [1.82, 2.24) is 29.5 Å². The monoisotopic (exact) mass is 427 g/mol. The average molecular weight is 427 g/mol. The van der Waals surface area contributed by atoms with E-state index < -0.39 is 0 Å². The van der Waals surface area contributed by atoms with Crippen LogP contribution in [-0.2, 0) is 0 Å². The first-order valence-electron chi connectivity index (χ1n) is 9.92. The van der Waals surface area contributed by atoms with Crippen molar-refractivity contribution in [3.63, 3.8) is 0 Å². The number of nitrogen functional groups attached to an aromatic ring is 1. The van der Waals surface area contributed by atoms with Crippen LogP contribution < -0.4 is 25.4 Å². The molecule has 164 valence electrons. The number of aromatic nitrogens is 5. The van der Waals surface area contributed by atoms with Gasteiger partial charge in [-0.1, -0.05) is 6.92 Å². The zero-order valence-corrected chi connectivity index (χ0v) is 17.6. The minimum Gasteiger partial charge on any atom is -0.481 e. The summed E-state index contributed by atoms with van der Waals surface area (Å²) < 4.78 is 12.0. The van der Waals surface area contributed by atoms with E-state index in [-0.39, 0.29) is 23.9 Å². The minimum atomic E-state index is -0.227.